The van der Waals surface area contributed by atoms with Crippen LogP contribution in [0.1, 0.15) is 46.6 Å². The van der Waals surface area contributed by atoms with Gasteiger partial charge in [0, 0.05) is 24.7 Å². The van der Waals surface area contributed by atoms with E-state index in [2.05, 4.69) is 20.5 Å². The monoisotopic (exact) mass is 478 g/mol. The third kappa shape index (κ3) is 4.85. The minimum Gasteiger partial charge on any atom is -0.383 e. The van der Waals surface area contributed by atoms with Gasteiger partial charge < -0.3 is 15.7 Å². The lowest BCUT2D eigenvalue weighted by molar-refractivity contribution is -0.122. The smallest absolute Gasteiger partial charge is 0.251 e. The highest BCUT2D eigenvalue weighted by molar-refractivity contribution is 7.18. The van der Waals surface area contributed by atoms with Crippen LogP contribution < -0.4 is 10.6 Å². The SMILES string of the molecule is Cc1cccc(C(=O)NCC(=O)NC2CN([C@H]3CC[C@@](O)(c4nc5ccccc5s4)CC3)C2)c1. The second-order valence-electron chi connectivity index (χ2n) is 9.52. The van der Waals surface area contributed by atoms with Gasteiger partial charge in [-0.15, -0.1) is 11.3 Å². The molecule has 0 spiro atoms. The molecule has 0 unspecified atom stereocenters. The van der Waals surface area contributed by atoms with Gasteiger partial charge in [0.15, 0.2) is 0 Å². The Bertz CT molecular complexity index is 1160. The first-order chi connectivity index (χ1) is 16.4. The Morgan fingerprint density at radius 2 is 1.91 bits per heavy atom. The first kappa shape index (κ1) is 23.0. The van der Waals surface area contributed by atoms with Crippen molar-refractivity contribution >= 4 is 33.4 Å². The topological polar surface area (TPSA) is 94.6 Å². The van der Waals surface area contributed by atoms with Crippen molar-refractivity contribution in [3.8, 4) is 0 Å². The predicted octanol–water partition coefficient (Wildman–Crippen LogP) is 2.97. The van der Waals surface area contributed by atoms with Crippen LogP contribution in [0.2, 0.25) is 0 Å². The number of benzene rings is 2. The number of hydrogen-bond donors (Lipinski definition) is 3. The summed E-state index contributed by atoms with van der Waals surface area (Å²) in [6, 6.07) is 15.9. The van der Waals surface area contributed by atoms with Crippen LogP contribution in [-0.2, 0) is 10.4 Å². The van der Waals surface area contributed by atoms with Crippen LogP contribution in [0.25, 0.3) is 10.2 Å². The molecule has 7 nitrogen and oxygen atoms in total. The number of thiazole rings is 1. The molecule has 1 aromatic heterocycles. The summed E-state index contributed by atoms with van der Waals surface area (Å²) in [6.07, 6.45) is 3.24. The maximum Gasteiger partial charge on any atom is 0.251 e. The molecule has 2 aromatic carbocycles. The molecular weight excluding hydrogens is 448 g/mol. The van der Waals surface area contributed by atoms with E-state index in [0.717, 1.165) is 46.7 Å². The van der Waals surface area contributed by atoms with Gasteiger partial charge in [-0.05, 0) is 56.9 Å². The second kappa shape index (κ2) is 9.44. The number of likely N-dealkylation sites (tertiary alicyclic amines) is 1. The van der Waals surface area contributed by atoms with E-state index in [-0.39, 0.29) is 24.4 Å². The number of rotatable bonds is 6. The summed E-state index contributed by atoms with van der Waals surface area (Å²) in [4.78, 5) is 31.5. The second-order valence-corrected chi connectivity index (χ2v) is 10.6. The molecule has 1 aliphatic carbocycles. The lowest BCUT2D eigenvalue weighted by Crippen LogP contribution is -2.63. The van der Waals surface area contributed by atoms with E-state index < -0.39 is 5.60 Å². The van der Waals surface area contributed by atoms with Crippen molar-refractivity contribution in [2.45, 2.75) is 50.3 Å². The fourth-order valence-corrected chi connectivity index (χ4v) is 6.07. The molecule has 178 valence electrons. The average molecular weight is 479 g/mol. The van der Waals surface area contributed by atoms with Gasteiger partial charge in [0.1, 0.15) is 10.6 Å². The summed E-state index contributed by atoms with van der Waals surface area (Å²) in [6.45, 7) is 3.52. The minimum atomic E-state index is -0.839. The molecule has 5 rings (SSSR count). The van der Waals surface area contributed by atoms with Crippen LogP contribution in [-0.4, -0.2) is 58.5 Å². The Balaban J connectivity index is 1.05. The van der Waals surface area contributed by atoms with Crippen molar-refractivity contribution in [3.05, 3.63) is 64.7 Å². The lowest BCUT2D eigenvalue weighted by atomic mass is 9.81. The highest BCUT2D eigenvalue weighted by atomic mass is 32.1. The number of aliphatic hydroxyl groups is 1. The van der Waals surface area contributed by atoms with Crippen LogP contribution in [0, 0.1) is 6.92 Å². The molecule has 2 amide bonds. The summed E-state index contributed by atoms with van der Waals surface area (Å²) < 4.78 is 1.12. The molecule has 1 saturated heterocycles. The molecule has 2 fully saturated rings. The first-order valence-corrected chi connectivity index (χ1v) is 12.7. The van der Waals surface area contributed by atoms with Crippen LogP contribution >= 0.6 is 11.3 Å². The van der Waals surface area contributed by atoms with Gasteiger partial charge in [-0.25, -0.2) is 4.98 Å². The van der Waals surface area contributed by atoms with Gasteiger partial charge in [0.25, 0.3) is 5.91 Å². The van der Waals surface area contributed by atoms with E-state index in [4.69, 9.17) is 0 Å². The molecular formula is C26H30N4O3S. The Hall–Kier alpha value is -2.81. The number of carbonyl (C=O) groups excluding carboxylic acids is 2. The van der Waals surface area contributed by atoms with Crippen molar-refractivity contribution < 1.29 is 14.7 Å². The maximum atomic E-state index is 12.3. The van der Waals surface area contributed by atoms with Crippen LogP contribution in [0.3, 0.4) is 0 Å². The van der Waals surface area contributed by atoms with E-state index in [0.29, 0.717) is 24.4 Å². The number of para-hydroxylation sites is 1. The van der Waals surface area contributed by atoms with E-state index >= 15 is 0 Å². The summed E-state index contributed by atoms with van der Waals surface area (Å²) in [5.41, 5.74) is 1.68. The number of hydrogen-bond acceptors (Lipinski definition) is 6. The molecule has 34 heavy (non-hydrogen) atoms. The number of amides is 2. The Morgan fingerprint density at radius 3 is 2.65 bits per heavy atom. The zero-order valence-corrected chi connectivity index (χ0v) is 20.1. The van der Waals surface area contributed by atoms with Crippen molar-refractivity contribution in [1.29, 1.82) is 0 Å². The molecule has 8 heteroatoms. The Labute approximate surface area is 203 Å². The van der Waals surface area contributed by atoms with Gasteiger partial charge >= 0.3 is 0 Å². The molecule has 3 aromatic rings. The Morgan fingerprint density at radius 1 is 1.15 bits per heavy atom. The highest BCUT2D eigenvalue weighted by Crippen LogP contribution is 2.42. The summed E-state index contributed by atoms with van der Waals surface area (Å²) in [7, 11) is 0. The lowest BCUT2D eigenvalue weighted by Gasteiger charge is -2.47. The van der Waals surface area contributed by atoms with Crippen LogP contribution in [0.15, 0.2) is 48.5 Å². The minimum absolute atomic E-state index is 0.0259. The third-order valence-corrected chi connectivity index (χ3v) is 8.19. The zero-order chi connectivity index (χ0) is 23.7. The van der Waals surface area contributed by atoms with Gasteiger partial charge in [0.05, 0.1) is 22.8 Å². The summed E-state index contributed by atoms with van der Waals surface area (Å²) in [5.74, 6) is -0.406. The van der Waals surface area contributed by atoms with E-state index in [1.54, 1.807) is 23.5 Å². The Kier molecular flexibility index (Phi) is 6.38. The maximum absolute atomic E-state index is 12.3. The standard InChI is InChI=1S/C26H30N4O3S/c1-17-5-4-6-18(13-17)24(32)27-14-23(31)28-19-15-30(16-19)20-9-11-26(33,12-10-20)25-29-21-7-2-3-8-22(21)34-25/h2-8,13,19-20,33H,9-12,14-16H2,1H3,(H,27,32)(H,28,31)/t20-,26-. The quantitative estimate of drug-likeness (QED) is 0.506. The molecule has 3 N–H and O–H groups in total. The number of fused-ring (bicyclic) bond motifs is 1. The molecule has 0 bridgehead atoms. The van der Waals surface area contributed by atoms with E-state index in [1.807, 2.05) is 43.3 Å². The highest BCUT2D eigenvalue weighted by Gasteiger charge is 2.41. The molecule has 2 aliphatic rings. The summed E-state index contributed by atoms with van der Waals surface area (Å²) in [5, 5.41) is 17.8. The number of aryl methyl sites for hydroxylation is 1. The van der Waals surface area contributed by atoms with Crippen LogP contribution in [0.5, 0.6) is 0 Å². The molecule has 0 atom stereocenters. The third-order valence-electron chi connectivity index (χ3n) is 6.96. The van der Waals surface area contributed by atoms with Gasteiger partial charge in [-0.2, -0.15) is 0 Å². The molecule has 1 saturated carbocycles. The van der Waals surface area contributed by atoms with E-state index in [1.165, 1.54) is 0 Å². The van der Waals surface area contributed by atoms with Crippen molar-refractivity contribution in [2.75, 3.05) is 19.6 Å². The number of nitrogens with one attached hydrogen (secondary N) is 2. The zero-order valence-electron chi connectivity index (χ0n) is 19.3. The van der Waals surface area contributed by atoms with Crippen molar-refractivity contribution in [3.63, 3.8) is 0 Å². The number of nitrogens with zero attached hydrogens (tertiary/aromatic N) is 2. The molecule has 1 aliphatic heterocycles. The predicted molar refractivity (Wildman–Crippen MR) is 133 cm³/mol. The first-order valence-electron chi connectivity index (χ1n) is 11.9. The van der Waals surface area contributed by atoms with Crippen molar-refractivity contribution in [2.24, 2.45) is 0 Å². The fourth-order valence-electron chi connectivity index (χ4n) is 4.96. The van der Waals surface area contributed by atoms with Crippen molar-refractivity contribution in [1.82, 2.24) is 20.5 Å². The normalized spacial score (nSPS) is 23.4. The van der Waals surface area contributed by atoms with Gasteiger partial charge in [-0.3, -0.25) is 14.5 Å². The van der Waals surface area contributed by atoms with E-state index in [9.17, 15) is 14.7 Å². The summed E-state index contributed by atoms with van der Waals surface area (Å²) >= 11 is 1.59. The fraction of sp³-hybridized carbons (Fsp3) is 0.423. The number of carbonyl (C=O) groups is 2. The van der Waals surface area contributed by atoms with Crippen LogP contribution in [0.4, 0.5) is 0 Å². The molecule has 0 radical (unpaired) electrons. The molecule has 2 heterocycles. The number of aromatic nitrogens is 1. The largest absolute Gasteiger partial charge is 0.383 e. The van der Waals surface area contributed by atoms with Gasteiger partial charge in [-0.1, -0.05) is 29.8 Å². The average Bonchev–Trinajstić information content (AvgIpc) is 3.26. The van der Waals surface area contributed by atoms with Gasteiger partial charge in [0.2, 0.25) is 5.91 Å².